The summed E-state index contributed by atoms with van der Waals surface area (Å²) in [6.45, 7) is 6.33. The average Bonchev–Trinajstić information content (AvgIpc) is 2.68. The summed E-state index contributed by atoms with van der Waals surface area (Å²) in [6.07, 6.45) is 9.65. The Bertz CT molecular complexity index is 722. The van der Waals surface area contributed by atoms with Gasteiger partial charge in [-0.25, -0.2) is 0 Å². The molecular weight excluding hydrogens is 358 g/mol. The third kappa shape index (κ3) is 6.54. The van der Waals surface area contributed by atoms with E-state index in [0.29, 0.717) is 17.9 Å². The number of nitro groups is 1. The predicted octanol–water partition coefficient (Wildman–Crippen LogP) is 5.83. The number of amidine groups is 1. The molecule has 0 radical (unpaired) electrons. The Labute approximate surface area is 166 Å². The third-order valence-electron chi connectivity index (χ3n) is 4.78. The highest BCUT2D eigenvalue weighted by atomic mass is 32.2. The number of allylic oxidation sites excluding steroid dienone is 3. The fraction of sp³-hybridized carbons (Fsp3) is 0.476. The molecule has 6 heteroatoms. The van der Waals surface area contributed by atoms with Crippen LogP contribution in [0.5, 0.6) is 0 Å². The summed E-state index contributed by atoms with van der Waals surface area (Å²) in [5, 5.41) is 15.5. The lowest BCUT2D eigenvalue weighted by molar-refractivity contribution is -0.385. The van der Waals surface area contributed by atoms with E-state index in [-0.39, 0.29) is 10.6 Å². The second-order valence-electron chi connectivity index (χ2n) is 6.76. The highest BCUT2D eigenvalue weighted by molar-refractivity contribution is 8.17. The van der Waals surface area contributed by atoms with Crippen molar-refractivity contribution in [3.63, 3.8) is 0 Å². The zero-order valence-corrected chi connectivity index (χ0v) is 17.1. The highest BCUT2D eigenvalue weighted by Crippen LogP contribution is 2.35. The fourth-order valence-corrected chi connectivity index (χ4v) is 4.28. The van der Waals surface area contributed by atoms with Gasteiger partial charge in [0.05, 0.1) is 4.92 Å². The molecule has 0 amide bonds. The zero-order valence-electron chi connectivity index (χ0n) is 16.2. The summed E-state index contributed by atoms with van der Waals surface area (Å²) in [5.41, 5.74) is 1.77. The molecule has 0 aromatic heterocycles. The van der Waals surface area contributed by atoms with Crippen molar-refractivity contribution in [3.8, 4) is 0 Å². The van der Waals surface area contributed by atoms with Crippen molar-refractivity contribution in [1.29, 1.82) is 0 Å². The van der Waals surface area contributed by atoms with E-state index in [2.05, 4.69) is 29.9 Å². The van der Waals surface area contributed by atoms with Crippen LogP contribution in [0.15, 0.2) is 52.5 Å². The highest BCUT2D eigenvalue weighted by Gasteiger charge is 2.19. The van der Waals surface area contributed by atoms with E-state index in [1.165, 1.54) is 32.1 Å². The van der Waals surface area contributed by atoms with Crippen molar-refractivity contribution in [2.45, 2.75) is 51.9 Å². The quantitative estimate of drug-likeness (QED) is 0.276. The first-order valence-corrected chi connectivity index (χ1v) is 10.4. The summed E-state index contributed by atoms with van der Waals surface area (Å²) >= 11 is 1.60. The maximum absolute atomic E-state index is 11.3. The van der Waals surface area contributed by atoms with Crippen molar-refractivity contribution in [3.05, 3.63) is 63.2 Å². The van der Waals surface area contributed by atoms with Gasteiger partial charge in [0.1, 0.15) is 0 Å². The number of hydrogen-bond donors (Lipinski definition) is 1. The van der Waals surface area contributed by atoms with Crippen molar-refractivity contribution in [2.75, 3.05) is 7.05 Å². The Hall–Kier alpha value is -2.08. The monoisotopic (exact) mass is 387 g/mol. The summed E-state index contributed by atoms with van der Waals surface area (Å²) in [4.78, 5) is 16.5. The summed E-state index contributed by atoms with van der Waals surface area (Å²) in [5.74, 6) is 0.552. The van der Waals surface area contributed by atoms with Gasteiger partial charge in [-0.2, -0.15) is 0 Å². The smallest absolute Gasteiger partial charge is 0.272 e. The van der Waals surface area contributed by atoms with E-state index in [0.717, 1.165) is 22.2 Å². The SMILES string of the molecule is C=C(S/C(=N\C)N/C(=C/CC)Cc1ccccc1[N+](=O)[O-])C1CCCCC1. The molecule has 0 saturated heterocycles. The van der Waals surface area contributed by atoms with Crippen LogP contribution >= 0.6 is 11.8 Å². The molecule has 0 aliphatic heterocycles. The van der Waals surface area contributed by atoms with E-state index in [4.69, 9.17) is 0 Å². The minimum absolute atomic E-state index is 0.149. The topological polar surface area (TPSA) is 67.5 Å². The molecule has 0 unspecified atom stereocenters. The molecule has 1 aromatic carbocycles. The maximum atomic E-state index is 11.3. The number of aliphatic imine (C=N–C) groups is 1. The van der Waals surface area contributed by atoms with Gasteiger partial charge in [0.15, 0.2) is 5.17 Å². The lowest BCUT2D eigenvalue weighted by Crippen LogP contribution is -2.22. The molecule has 1 N–H and O–H groups in total. The van der Waals surface area contributed by atoms with E-state index >= 15 is 0 Å². The summed E-state index contributed by atoms with van der Waals surface area (Å²) in [7, 11) is 1.76. The van der Waals surface area contributed by atoms with Crippen molar-refractivity contribution in [1.82, 2.24) is 5.32 Å². The Morgan fingerprint density at radius 2 is 2.07 bits per heavy atom. The van der Waals surface area contributed by atoms with Crippen LogP contribution in [0.2, 0.25) is 0 Å². The number of benzene rings is 1. The van der Waals surface area contributed by atoms with Crippen LogP contribution in [0.25, 0.3) is 0 Å². The normalized spacial score (nSPS) is 16.2. The van der Waals surface area contributed by atoms with Crippen molar-refractivity contribution in [2.24, 2.45) is 10.9 Å². The summed E-state index contributed by atoms with van der Waals surface area (Å²) in [6, 6.07) is 6.88. The molecule has 0 atom stereocenters. The predicted molar refractivity (Wildman–Crippen MR) is 115 cm³/mol. The van der Waals surface area contributed by atoms with Crippen LogP contribution in [0, 0.1) is 16.0 Å². The van der Waals surface area contributed by atoms with E-state index in [1.807, 2.05) is 6.07 Å². The first-order valence-electron chi connectivity index (χ1n) is 9.57. The number of nitrogens with zero attached hydrogens (tertiary/aromatic N) is 2. The lowest BCUT2D eigenvalue weighted by Gasteiger charge is -2.24. The Morgan fingerprint density at radius 3 is 2.70 bits per heavy atom. The van der Waals surface area contributed by atoms with Crippen LogP contribution in [0.4, 0.5) is 5.69 Å². The first-order chi connectivity index (χ1) is 13.0. The molecule has 146 valence electrons. The number of nitro benzene ring substituents is 1. The number of para-hydroxylation sites is 1. The second-order valence-corrected chi connectivity index (χ2v) is 7.87. The molecule has 1 saturated carbocycles. The first kappa shape index (κ1) is 21.2. The molecule has 27 heavy (non-hydrogen) atoms. The Morgan fingerprint density at radius 1 is 1.37 bits per heavy atom. The maximum Gasteiger partial charge on any atom is 0.272 e. The standard InChI is InChI=1S/C21H29N3O2S/c1-4-10-19(15-18-13-8-9-14-20(18)24(25)26)23-21(22-3)27-16(2)17-11-6-5-7-12-17/h8-10,13-14,17H,2,4-7,11-12,15H2,1,3H3,(H,22,23)/b19-10+. The average molecular weight is 388 g/mol. The number of hydrogen-bond acceptors (Lipinski definition) is 4. The van der Waals surface area contributed by atoms with Gasteiger partial charge in [0.2, 0.25) is 0 Å². The number of rotatable bonds is 7. The number of nitrogens with one attached hydrogen (secondary N) is 1. The van der Waals surface area contributed by atoms with Gasteiger partial charge in [-0.3, -0.25) is 15.1 Å². The Balaban J connectivity index is 2.07. The molecular formula is C21H29N3O2S. The van der Waals surface area contributed by atoms with Gasteiger partial charge in [-0.1, -0.05) is 68.8 Å². The van der Waals surface area contributed by atoms with Crippen molar-refractivity contribution < 1.29 is 4.92 Å². The fourth-order valence-electron chi connectivity index (χ4n) is 3.35. The molecule has 1 aliphatic carbocycles. The molecule has 0 bridgehead atoms. The van der Waals surface area contributed by atoms with E-state index < -0.39 is 0 Å². The molecule has 5 nitrogen and oxygen atoms in total. The second kappa shape index (κ2) is 10.9. The van der Waals surface area contributed by atoms with Crippen molar-refractivity contribution >= 4 is 22.6 Å². The van der Waals surface area contributed by atoms with Crippen LogP contribution in [-0.4, -0.2) is 17.1 Å². The molecule has 2 rings (SSSR count). The minimum Gasteiger partial charge on any atom is -0.338 e. The molecule has 0 spiro atoms. The minimum atomic E-state index is -0.326. The van der Waals surface area contributed by atoms with Gasteiger partial charge in [-0.05, 0) is 30.1 Å². The summed E-state index contributed by atoms with van der Waals surface area (Å²) < 4.78 is 0. The van der Waals surface area contributed by atoms with E-state index in [1.54, 1.807) is 37.0 Å². The van der Waals surface area contributed by atoms with Gasteiger partial charge in [0.25, 0.3) is 5.69 Å². The van der Waals surface area contributed by atoms with Crippen LogP contribution in [0.3, 0.4) is 0 Å². The molecule has 1 fully saturated rings. The van der Waals surface area contributed by atoms with E-state index in [9.17, 15) is 10.1 Å². The third-order valence-corrected chi connectivity index (χ3v) is 5.85. The molecule has 1 aromatic rings. The molecule has 1 aliphatic rings. The van der Waals surface area contributed by atoms with Gasteiger partial charge >= 0.3 is 0 Å². The van der Waals surface area contributed by atoms with Gasteiger partial charge < -0.3 is 5.32 Å². The molecule has 0 heterocycles. The van der Waals surface area contributed by atoms with Crippen LogP contribution in [0.1, 0.15) is 51.0 Å². The largest absolute Gasteiger partial charge is 0.338 e. The number of thioether (sulfide) groups is 1. The van der Waals surface area contributed by atoms with Gasteiger partial charge in [-0.15, -0.1) is 0 Å². The van der Waals surface area contributed by atoms with Crippen LogP contribution < -0.4 is 5.32 Å². The Kier molecular flexibility index (Phi) is 8.58. The zero-order chi connectivity index (χ0) is 19.6. The van der Waals surface area contributed by atoms with Crippen LogP contribution in [-0.2, 0) is 6.42 Å². The lowest BCUT2D eigenvalue weighted by atomic mass is 9.89. The van der Waals surface area contributed by atoms with Gasteiger partial charge in [0, 0.05) is 30.8 Å².